The van der Waals surface area contributed by atoms with Crippen LogP contribution in [0.25, 0.3) is 0 Å². The summed E-state index contributed by atoms with van der Waals surface area (Å²) in [5.74, 6) is -1.87. The molecule has 0 aromatic heterocycles. The van der Waals surface area contributed by atoms with Crippen LogP contribution >= 0.6 is 0 Å². The lowest BCUT2D eigenvalue weighted by Crippen LogP contribution is -2.09. The number of hydrogen-bond donors (Lipinski definition) is 1. The Bertz CT molecular complexity index is 498. The van der Waals surface area contributed by atoms with Crippen molar-refractivity contribution in [2.45, 2.75) is 13.1 Å². The van der Waals surface area contributed by atoms with Gasteiger partial charge in [0.2, 0.25) is 0 Å². The monoisotopic (exact) mass is 291 g/mol. The smallest absolute Gasteiger partial charge is 0.419 e. The first-order valence-electron chi connectivity index (χ1n) is 5.78. The van der Waals surface area contributed by atoms with Crippen LogP contribution in [0.4, 0.5) is 23.2 Å². The number of nitrogens with one attached hydrogen (secondary N) is 1. The summed E-state index contributed by atoms with van der Waals surface area (Å²) in [5.41, 5.74) is -1.23. The number of hydrogen-bond acceptors (Lipinski definition) is 3. The minimum atomic E-state index is -4.75. The second-order valence-electron chi connectivity index (χ2n) is 3.73. The number of ether oxygens (including phenoxy) is 1. The van der Waals surface area contributed by atoms with Gasteiger partial charge in [-0.2, -0.15) is 13.2 Å². The van der Waals surface area contributed by atoms with Crippen molar-refractivity contribution in [1.82, 2.24) is 0 Å². The highest BCUT2D eigenvalue weighted by molar-refractivity contribution is 5.81. The summed E-state index contributed by atoms with van der Waals surface area (Å²) in [6, 6.07) is 2.59. The third-order valence-corrected chi connectivity index (χ3v) is 2.24. The maximum Gasteiger partial charge on any atom is 0.419 e. The van der Waals surface area contributed by atoms with Crippen molar-refractivity contribution in [2.75, 3.05) is 18.5 Å². The molecule has 0 aliphatic carbocycles. The fourth-order valence-corrected chi connectivity index (χ4v) is 1.37. The molecule has 0 unspecified atom stereocenters. The van der Waals surface area contributed by atoms with Gasteiger partial charge in [0.1, 0.15) is 5.82 Å². The fourth-order valence-electron chi connectivity index (χ4n) is 1.37. The lowest BCUT2D eigenvalue weighted by atomic mass is 10.2. The standard InChI is InChI=1S/C13H13F4NO2/c1-2-20-12(19)4-3-7-18-9-5-6-11(14)10(8-9)13(15,16)17/h3-6,8,18H,2,7H2,1H3/b4-3+. The highest BCUT2D eigenvalue weighted by Gasteiger charge is 2.34. The summed E-state index contributed by atoms with van der Waals surface area (Å²) >= 11 is 0. The number of halogens is 4. The van der Waals surface area contributed by atoms with Crippen molar-refractivity contribution in [3.8, 4) is 0 Å². The van der Waals surface area contributed by atoms with Crippen molar-refractivity contribution in [2.24, 2.45) is 0 Å². The maximum absolute atomic E-state index is 13.0. The van der Waals surface area contributed by atoms with Crippen LogP contribution in [0.15, 0.2) is 30.4 Å². The molecule has 0 saturated carbocycles. The number of benzene rings is 1. The van der Waals surface area contributed by atoms with Gasteiger partial charge in [-0.15, -0.1) is 0 Å². The van der Waals surface area contributed by atoms with E-state index in [4.69, 9.17) is 0 Å². The number of alkyl halides is 3. The van der Waals surface area contributed by atoms with Crippen LogP contribution < -0.4 is 5.32 Å². The highest BCUT2D eigenvalue weighted by Crippen LogP contribution is 2.32. The number of anilines is 1. The molecule has 0 aliphatic rings. The molecule has 0 atom stereocenters. The minimum absolute atomic E-state index is 0.104. The molecule has 3 nitrogen and oxygen atoms in total. The molecule has 7 heteroatoms. The molecule has 0 aliphatic heterocycles. The van der Waals surface area contributed by atoms with E-state index < -0.39 is 23.5 Å². The van der Waals surface area contributed by atoms with E-state index in [1.54, 1.807) is 6.92 Å². The molecule has 0 amide bonds. The topological polar surface area (TPSA) is 38.3 Å². The van der Waals surface area contributed by atoms with Crippen molar-refractivity contribution in [3.05, 3.63) is 41.7 Å². The molecular formula is C13H13F4NO2. The first-order chi connectivity index (χ1) is 9.34. The number of carbonyl (C=O) groups excluding carboxylic acids is 1. The molecule has 1 aromatic carbocycles. The molecule has 110 valence electrons. The number of carbonyl (C=O) groups is 1. The van der Waals surface area contributed by atoms with Crippen LogP contribution in [-0.4, -0.2) is 19.1 Å². The molecule has 0 saturated heterocycles. The normalized spacial score (nSPS) is 11.7. The first kappa shape index (κ1) is 16.0. The summed E-state index contributed by atoms with van der Waals surface area (Å²) in [5, 5.41) is 2.62. The van der Waals surface area contributed by atoms with Crippen molar-refractivity contribution >= 4 is 11.7 Å². The maximum atomic E-state index is 13.0. The molecule has 0 heterocycles. The Balaban J connectivity index is 2.64. The lowest BCUT2D eigenvalue weighted by molar-refractivity contribution is -0.140. The molecule has 1 rings (SSSR count). The van der Waals surface area contributed by atoms with Crippen LogP contribution in [0.1, 0.15) is 12.5 Å². The Hall–Kier alpha value is -2.05. The zero-order valence-electron chi connectivity index (χ0n) is 10.6. The van der Waals surface area contributed by atoms with Crippen molar-refractivity contribution in [3.63, 3.8) is 0 Å². The van der Waals surface area contributed by atoms with Gasteiger partial charge >= 0.3 is 12.1 Å². The molecular weight excluding hydrogens is 278 g/mol. The predicted octanol–water partition coefficient (Wildman–Crippen LogP) is 3.38. The summed E-state index contributed by atoms with van der Waals surface area (Å²) in [7, 11) is 0. The summed E-state index contributed by atoms with van der Waals surface area (Å²) < 4.78 is 55.0. The predicted molar refractivity (Wildman–Crippen MR) is 65.7 cm³/mol. The Morgan fingerprint density at radius 2 is 2.10 bits per heavy atom. The third kappa shape index (κ3) is 4.91. The van der Waals surface area contributed by atoms with Crippen LogP contribution in [-0.2, 0) is 15.7 Å². The minimum Gasteiger partial charge on any atom is -0.463 e. The van der Waals surface area contributed by atoms with E-state index in [1.165, 1.54) is 12.1 Å². The van der Waals surface area contributed by atoms with Gasteiger partial charge in [-0.1, -0.05) is 6.08 Å². The van der Waals surface area contributed by atoms with Crippen LogP contribution in [0.2, 0.25) is 0 Å². The SMILES string of the molecule is CCOC(=O)/C=C/CNc1ccc(F)c(C(F)(F)F)c1. The average Bonchev–Trinajstić information content (AvgIpc) is 2.35. The Labute approximate surface area is 113 Å². The van der Waals surface area contributed by atoms with Gasteiger partial charge in [0, 0.05) is 18.3 Å². The lowest BCUT2D eigenvalue weighted by Gasteiger charge is -2.10. The van der Waals surface area contributed by atoms with E-state index in [-0.39, 0.29) is 18.8 Å². The summed E-state index contributed by atoms with van der Waals surface area (Å²) in [4.78, 5) is 10.9. The fraction of sp³-hybridized carbons (Fsp3) is 0.308. The Morgan fingerprint density at radius 3 is 2.70 bits per heavy atom. The Kier molecular flexibility index (Phi) is 5.54. The van der Waals surface area contributed by atoms with E-state index in [2.05, 4.69) is 10.1 Å². The van der Waals surface area contributed by atoms with E-state index >= 15 is 0 Å². The van der Waals surface area contributed by atoms with Gasteiger partial charge in [-0.25, -0.2) is 9.18 Å². The molecule has 0 spiro atoms. The average molecular weight is 291 g/mol. The highest BCUT2D eigenvalue weighted by atomic mass is 19.4. The molecule has 1 N–H and O–H groups in total. The van der Waals surface area contributed by atoms with E-state index in [0.717, 1.165) is 12.1 Å². The molecule has 20 heavy (non-hydrogen) atoms. The molecule has 1 aromatic rings. The van der Waals surface area contributed by atoms with Gasteiger partial charge in [0.15, 0.2) is 0 Å². The van der Waals surface area contributed by atoms with Gasteiger partial charge < -0.3 is 10.1 Å². The number of rotatable bonds is 5. The zero-order chi connectivity index (χ0) is 15.2. The van der Waals surface area contributed by atoms with E-state index in [9.17, 15) is 22.4 Å². The molecule has 0 radical (unpaired) electrons. The molecule has 0 bridgehead atoms. The summed E-state index contributed by atoms with van der Waals surface area (Å²) in [6.45, 7) is 2.01. The third-order valence-electron chi connectivity index (χ3n) is 2.24. The quantitative estimate of drug-likeness (QED) is 0.513. The van der Waals surface area contributed by atoms with Gasteiger partial charge in [-0.3, -0.25) is 0 Å². The van der Waals surface area contributed by atoms with Crippen LogP contribution in [0.5, 0.6) is 0 Å². The zero-order valence-corrected chi connectivity index (χ0v) is 10.6. The van der Waals surface area contributed by atoms with Gasteiger partial charge in [0.25, 0.3) is 0 Å². The molecule has 0 fully saturated rings. The van der Waals surface area contributed by atoms with Crippen molar-refractivity contribution < 1.29 is 27.1 Å². The second-order valence-corrected chi connectivity index (χ2v) is 3.73. The first-order valence-corrected chi connectivity index (χ1v) is 5.78. The largest absolute Gasteiger partial charge is 0.463 e. The Morgan fingerprint density at radius 1 is 1.40 bits per heavy atom. The number of esters is 1. The van der Waals surface area contributed by atoms with E-state index in [0.29, 0.717) is 6.07 Å². The van der Waals surface area contributed by atoms with Crippen LogP contribution in [0.3, 0.4) is 0 Å². The van der Waals surface area contributed by atoms with E-state index in [1.807, 2.05) is 0 Å². The van der Waals surface area contributed by atoms with Crippen LogP contribution in [0, 0.1) is 5.82 Å². The summed E-state index contributed by atoms with van der Waals surface area (Å²) in [6.07, 6.45) is -2.19. The van der Waals surface area contributed by atoms with Gasteiger partial charge in [-0.05, 0) is 25.1 Å². The van der Waals surface area contributed by atoms with Crippen molar-refractivity contribution in [1.29, 1.82) is 0 Å². The van der Waals surface area contributed by atoms with Gasteiger partial charge in [0.05, 0.1) is 12.2 Å². The second kappa shape index (κ2) is 6.93.